The van der Waals surface area contributed by atoms with Crippen molar-refractivity contribution in [2.24, 2.45) is 0 Å². The number of aromatic nitrogens is 2. The van der Waals surface area contributed by atoms with E-state index >= 15 is 0 Å². The third-order valence-electron chi connectivity index (χ3n) is 5.41. The van der Waals surface area contributed by atoms with Crippen LogP contribution in [0.4, 0.5) is 0 Å². The molecule has 6 heteroatoms. The van der Waals surface area contributed by atoms with Gasteiger partial charge in [-0.15, -0.1) is 0 Å². The van der Waals surface area contributed by atoms with Gasteiger partial charge in [-0.2, -0.15) is 0 Å². The van der Waals surface area contributed by atoms with E-state index in [1.165, 1.54) is 18.6 Å². The average Bonchev–Trinajstić information content (AvgIpc) is 2.86. The first-order valence-corrected chi connectivity index (χ1v) is 9.84. The molecule has 0 radical (unpaired) electrons. The lowest BCUT2D eigenvalue weighted by molar-refractivity contribution is 0.0975. The summed E-state index contributed by atoms with van der Waals surface area (Å²) in [5.41, 5.74) is 3.34. The summed E-state index contributed by atoms with van der Waals surface area (Å²) in [5.74, 6) is -0.532. The molecule has 4 aromatic rings. The summed E-state index contributed by atoms with van der Waals surface area (Å²) < 4.78 is 0. The predicted octanol–water partition coefficient (Wildman–Crippen LogP) is 3.71. The van der Waals surface area contributed by atoms with Crippen molar-refractivity contribution in [3.8, 4) is 0 Å². The monoisotopic (exact) mass is 418 g/mol. The van der Waals surface area contributed by atoms with Gasteiger partial charge in [0.1, 0.15) is 5.69 Å². The zero-order valence-electron chi connectivity index (χ0n) is 16.6. The Kier molecular flexibility index (Phi) is 4.60. The summed E-state index contributed by atoms with van der Waals surface area (Å²) in [6, 6.07) is 18.6. The van der Waals surface area contributed by atoms with Crippen LogP contribution in [-0.2, 0) is 0 Å². The zero-order chi connectivity index (χ0) is 22.2. The summed E-state index contributed by atoms with van der Waals surface area (Å²) in [7, 11) is 0. The number of hydrogen-bond acceptors (Lipinski definition) is 6. The zero-order valence-corrected chi connectivity index (χ0v) is 16.6. The maximum absolute atomic E-state index is 12.1. The number of benzene rings is 2. The SMILES string of the molecule is O=C1c2ccccc2C(=O)c2cnccc21.O=C1c2ccccc2C(=O)c2ncccc21. The lowest BCUT2D eigenvalue weighted by atomic mass is 9.85. The highest BCUT2D eigenvalue weighted by Crippen LogP contribution is 2.26. The van der Waals surface area contributed by atoms with Gasteiger partial charge in [-0.3, -0.25) is 29.1 Å². The average molecular weight is 418 g/mol. The quantitative estimate of drug-likeness (QED) is 0.373. The summed E-state index contributed by atoms with van der Waals surface area (Å²) >= 11 is 0. The summed E-state index contributed by atoms with van der Waals surface area (Å²) in [6.07, 6.45) is 4.50. The van der Waals surface area contributed by atoms with E-state index in [-0.39, 0.29) is 28.8 Å². The first kappa shape index (κ1) is 19.4. The molecule has 32 heavy (non-hydrogen) atoms. The van der Waals surface area contributed by atoms with Gasteiger partial charge in [0, 0.05) is 46.4 Å². The number of carbonyl (C=O) groups excluding carboxylic acids is 4. The molecule has 0 bridgehead atoms. The Morgan fingerprint density at radius 3 is 1.53 bits per heavy atom. The Labute approximate surface area is 182 Å². The van der Waals surface area contributed by atoms with Gasteiger partial charge in [0.15, 0.2) is 17.3 Å². The summed E-state index contributed by atoms with van der Waals surface area (Å²) in [6.45, 7) is 0. The van der Waals surface area contributed by atoms with Gasteiger partial charge < -0.3 is 0 Å². The molecule has 0 saturated heterocycles. The van der Waals surface area contributed by atoms with E-state index in [4.69, 9.17) is 0 Å². The Morgan fingerprint density at radius 1 is 0.438 bits per heavy atom. The molecule has 2 aromatic heterocycles. The van der Waals surface area contributed by atoms with Crippen LogP contribution < -0.4 is 0 Å². The lowest BCUT2D eigenvalue weighted by Crippen LogP contribution is -2.21. The van der Waals surface area contributed by atoms with E-state index < -0.39 is 0 Å². The maximum atomic E-state index is 12.1. The highest BCUT2D eigenvalue weighted by Gasteiger charge is 2.30. The number of pyridine rings is 2. The van der Waals surface area contributed by atoms with Crippen LogP contribution >= 0.6 is 0 Å². The Morgan fingerprint density at radius 2 is 0.906 bits per heavy atom. The van der Waals surface area contributed by atoms with Crippen LogP contribution in [0.25, 0.3) is 0 Å². The fourth-order valence-corrected chi connectivity index (χ4v) is 3.86. The second-order valence-electron chi connectivity index (χ2n) is 7.23. The molecule has 0 unspecified atom stereocenters. The Bertz CT molecular complexity index is 1130. The number of carbonyl (C=O) groups is 4. The predicted molar refractivity (Wildman–Crippen MR) is 115 cm³/mol. The summed E-state index contributed by atoms with van der Waals surface area (Å²) in [4.78, 5) is 56.1. The van der Waals surface area contributed by atoms with Crippen LogP contribution in [-0.4, -0.2) is 33.1 Å². The molecule has 0 atom stereocenters. The van der Waals surface area contributed by atoms with Crippen molar-refractivity contribution in [3.05, 3.63) is 130 Å². The molecule has 152 valence electrons. The van der Waals surface area contributed by atoms with Crippen LogP contribution in [0, 0.1) is 0 Å². The van der Waals surface area contributed by atoms with E-state index in [0.29, 0.717) is 38.9 Å². The molecular formula is C26H14N2O4. The molecule has 6 rings (SSSR count). The van der Waals surface area contributed by atoms with Crippen LogP contribution in [0.3, 0.4) is 0 Å². The van der Waals surface area contributed by atoms with Gasteiger partial charge in [0.25, 0.3) is 0 Å². The number of hydrogen-bond donors (Lipinski definition) is 0. The van der Waals surface area contributed by atoms with Gasteiger partial charge in [0.05, 0.1) is 11.1 Å². The molecule has 0 saturated carbocycles. The molecule has 0 spiro atoms. The minimum Gasteiger partial charge on any atom is -0.289 e. The maximum Gasteiger partial charge on any atom is 0.212 e. The minimum atomic E-state index is -0.175. The summed E-state index contributed by atoms with van der Waals surface area (Å²) in [5, 5.41) is 0. The molecular weight excluding hydrogens is 404 g/mol. The van der Waals surface area contributed by atoms with E-state index in [2.05, 4.69) is 9.97 Å². The van der Waals surface area contributed by atoms with E-state index in [9.17, 15) is 19.2 Å². The second-order valence-corrected chi connectivity index (χ2v) is 7.23. The number of ketones is 4. The van der Waals surface area contributed by atoms with E-state index in [1.54, 1.807) is 66.7 Å². The Balaban J connectivity index is 0.000000135. The standard InChI is InChI=1S/2C13H7NO2/c15-12-8-4-1-2-5-9(8)13(16)11-10(12)6-3-7-14-11;15-12-8-3-1-2-4-9(8)13(16)11-7-14-6-5-10(11)12/h2*1-7H. The van der Waals surface area contributed by atoms with Gasteiger partial charge >= 0.3 is 0 Å². The molecule has 2 aliphatic rings. The third-order valence-corrected chi connectivity index (χ3v) is 5.41. The van der Waals surface area contributed by atoms with Crippen molar-refractivity contribution in [1.29, 1.82) is 0 Å². The van der Waals surface area contributed by atoms with Gasteiger partial charge in [-0.25, -0.2) is 0 Å². The Hall–Kier alpha value is -4.58. The number of fused-ring (bicyclic) bond motifs is 4. The molecule has 2 aromatic carbocycles. The first-order valence-electron chi connectivity index (χ1n) is 9.84. The van der Waals surface area contributed by atoms with E-state index in [0.717, 1.165) is 0 Å². The molecule has 0 aliphatic heterocycles. The number of nitrogens with zero attached hydrogens (tertiary/aromatic N) is 2. The van der Waals surface area contributed by atoms with Gasteiger partial charge in [0.2, 0.25) is 5.78 Å². The smallest absolute Gasteiger partial charge is 0.212 e. The first-order chi connectivity index (χ1) is 15.6. The fourth-order valence-electron chi connectivity index (χ4n) is 3.86. The normalized spacial score (nSPS) is 13.2. The second kappa shape index (κ2) is 7.59. The van der Waals surface area contributed by atoms with E-state index in [1.807, 2.05) is 0 Å². The molecule has 2 aliphatic carbocycles. The van der Waals surface area contributed by atoms with Gasteiger partial charge in [-0.05, 0) is 18.2 Å². The molecule has 0 fully saturated rings. The topological polar surface area (TPSA) is 94.1 Å². The van der Waals surface area contributed by atoms with Gasteiger partial charge in [-0.1, -0.05) is 48.5 Å². The molecule has 2 heterocycles. The van der Waals surface area contributed by atoms with Crippen LogP contribution in [0.15, 0.2) is 85.3 Å². The van der Waals surface area contributed by atoms with Crippen LogP contribution in [0.5, 0.6) is 0 Å². The van der Waals surface area contributed by atoms with Crippen molar-refractivity contribution < 1.29 is 19.2 Å². The fraction of sp³-hybridized carbons (Fsp3) is 0. The van der Waals surface area contributed by atoms with Crippen molar-refractivity contribution >= 4 is 23.1 Å². The molecule has 0 N–H and O–H groups in total. The number of rotatable bonds is 0. The van der Waals surface area contributed by atoms with Crippen molar-refractivity contribution in [2.75, 3.05) is 0 Å². The highest BCUT2D eigenvalue weighted by molar-refractivity contribution is 6.28. The lowest BCUT2D eigenvalue weighted by Gasteiger charge is -2.15. The van der Waals surface area contributed by atoms with Crippen molar-refractivity contribution in [3.63, 3.8) is 0 Å². The van der Waals surface area contributed by atoms with Crippen LogP contribution in [0.2, 0.25) is 0 Å². The third kappa shape index (κ3) is 2.97. The van der Waals surface area contributed by atoms with Crippen LogP contribution in [0.1, 0.15) is 63.8 Å². The molecule has 0 amide bonds. The molecule has 6 nitrogen and oxygen atoms in total. The largest absolute Gasteiger partial charge is 0.289 e. The highest BCUT2D eigenvalue weighted by atomic mass is 16.1. The van der Waals surface area contributed by atoms with Crippen molar-refractivity contribution in [2.45, 2.75) is 0 Å². The van der Waals surface area contributed by atoms with Crippen molar-refractivity contribution in [1.82, 2.24) is 9.97 Å². The minimum absolute atomic E-state index is 0.104.